The van der Waals surface area contributed by atoms with Crippen molar-refractivity contribution < 1.29 is 4.74 Å². The van der Waals surface area contributed by atoms with Crippen molar-refractivity contribution in [2.24, 2.45) is 5.92 Å². The normalized spacial score (nSPS) is 14.9. The number of ether oxygens (including phenoxy) is 1. The van der Waals surface area contributed by atoms with Crippen molar-refractivity contribution in [3.05, 3.63) is 22.4 Å². The molecule has 0 aliphatic carbocycles. The molecule has 0 bridgehead atoms. The van der Waals surface area contributed by atoms with Gasteiger partial charge in [-0.05, 0) is 43.2 Å². The van der Waals surface area contributed by atoms with Gasteiger partial charge in [0.25, 0.3) is 0 Å². The lowest BCUT2D eigenvalue weighted by Crippen LogP contribution is -2.44. The van der Waals surface area contributed by atoms with Gasteiger partial charge in [0.2, 0.25) is 0 Å². The lowest BCUT2D eigenvalue weighted by molar-refractivity contribution is 0.0309. The first-order valence-electron chi connectivity index (χ1n) is 6.97. The van der Waals surface area contributed by atoms with Gasteiger partial charge in [0.05, 0.1) is 6.10 Å². The Morgan fingerprint density at radius 3 is 2.67 bits per heavy atom. The predicted molar refractivity (Wildman–Crippen MR) is 80.4 cm³/mol. The van der Waals surface area contributed by atoms with Gasteiger partial charge in [-0.15, -0.1) is 11.3 Å². The summed E-state index contributed by atoms with van der Waals surface area (Å²) in [5.41, 5.74) is 0. The third kappa shape index (κ3) is 5.09. The fourth-order valence-electron chi connectivity index (χ4n) is 2.37. The van der Waals surface area contributed by atoms with Crippen LogP contribution in [0.15, 0.2) is 17.5 Å². The minimum absolute atomic E-state index is 0.302. The molecule has 18 heavy (non-hydrogen) atoms. The molecule has 0 aliphatic heterocycles. The standard InChI is InChI=1S/C15H27NOS/c1-5-10-16-14(15(17-4)12(2)3)9-8-13-7-6-11-18-13/h6-7,11-12,14-16H,5,8-10H2,1-4H3. The highest BCUT2D eigenvalue weighted by Crippen LogP contribution is 2.18. The van der Waals surface area contributed by atoms with Gasteiger partial charge >= 0.3 is 0 Å². The summed E-state index contributed by atoms with van der Waals surface area (Å²) in [6, 6.07) is 4.81. The van der Waals surface area contributed by atoms with E-state index < -0.39 is 0 Å². The molecule has 2 unspecified atom stereocenters. The molecular formula is C15H27NOS. The smallest absolute Gasteiger partial charge is 0.0747 e. The molecule has 1 rings (SSSR count). The van der Waals surface area contributed by atoms with Crippen LogP contribution in [0.5, 0.6) is 0 Å². The van der Waals surface area contributed by atoms with Crippen LogP contribution in [0.4, 0.5) is 0 Å². The molecule has 0 aliphatic rings. The molecule has 0 fully saturated rings. The highest BCUT2D eigenvalue weighted by atomic mass is 32.1. The van der Waals surface area contributed by atoms with Crippen LogP contribution in [0.1, 0.15) is 38.5 Å². The SMILES string of the molecule is CCCNC(CCc1cccs1)C(OC)C(C)C. The van der Waals surface area contributed by atoms with Crippen molar-refractivity contribution in [1.82, 2.24) is 5.32 Å². The van der Waals surface area contributed by atoms with Crippen molar-refractivity contribution in [1.29, 1.82) is 0 Å². The zero-order valence-electron chi connectivity index (χ0n) is 12.1. The van der Waals surface area contributed by atoms with Gasteiger partial charge in [-0.2, -0.15) is 0 Å². The quantitative estimate of drug-likeness (QED) is 0.738. The van der Waals surface area contributed by atoms with E-state index in [1.165, 1.54) is 11.3 Å². The summed E-state index contributed by atoms with van der Waals surface area (Å²) < 4.78 is 5.68. The van der Waals surface area contributed by atoms with Crippen LogP contribution in [0, 0.1) is 5.92 Å². The number of nitrogens with one attached hydrogen (secondary N) is 1. The highest BCUT2D eigenvalue weighted by molar-refractivity contribution is 7.09. The van der Waals surface area contributed by atoms with E-state index >= 15 is 0 Å². The van der Waals surface area contributed by atoms with E-state index in [2.05, 4.69) is 43.6 Å². The average molecular weight is 269 g/mol. The molecule has 2 nitrogen and oxygen atoms in total. The van der Waals surface area contributed by atoms with Crippen molar-refractivity contribution in [3.63, 3.8) is 0 Å². The molecule has 0 aromatic carbocycles. The summed E-state index contributed by atoms with van der Waals surface area (Å²) in [5, 5.41) is 5.80. The van der Waals surface area contributed by atoms with Gasteiger partial charge in [-0.3, -0.25) is 0 Å². The van der Waals surface area contributed by atoms with Crippen LogP contribution in [-0.4, -0.2) is 25.8 Å². The minimum Gasteiger partial charge on any atom is -0.380 e. The predicted octanol–water partition coefficient (Wildman–Crippen LogP) is 3.72. The van der Waals surface area contributed by atoms with E-state index in [-0.39, 0.29) is 0 Å². The van der Waals surface area contributed by atoms with Crippen molar-refractivity contribution >= 4 is 11.3 Å². The van der Waals surface area contributed by atoms with E-state index in [9.17, 15) is 0 Å². The fourth-order valence-corrected chi connectivity index (χ4v) is 3.09. The number of methoxy groups -OCH3 is 1. The second-order valence-electron chi connectivity index (χ2n) is 5.12. The van der Waals surface area contributed by atoms with Gasteiger partial charge in [0, 0.05) is 18.0 Å². The fraction of sp³-hybridized carbons (Fsp3) is 0.733. The topological polar surface area (TPSA) is 21.3 Å². The van der Waals surface area contributed by atoms with Crippen LogP contribution >= 0.6 is 11.3 Å². The first-order chi connectivity index (χ1) is 8.69. The number of rotatable bonds is 9. The summed E-state index contributed by atoms with van der Waals surface area (Å²) in [7, 11) is 1.83. The molecule has 1 heterocycles. The second kappa shape index (κ2) is 8.68. The molecule has 1 aromatic heterocycles. The van der Waals surface area contributed by atoms with Crippen molar-refractivity contribution in [2.75, 3.05) is 13.7 Å². The summed E-state index contributed by atoms with van der Waals surface area (Å²) >= 11 is 1.85. The number of hydrogen-bond acceptors (Lipinski definition) is 3. The maximum atomic E-state index is 5.68. The lowest BCUT2D eigenvalue weighted by atomic mass is 9.95. The first kappa shape index (κ1) is 15.7. The Morgan fingerprint density at radius 1 is 1.39 bits per heavy atom. The van der Waals surface area contributed by atoms with E-state index in [1.807, 2.05) is 18.4 Å². The van der Waals surface area contributed by atoms with Gasteiger partial charge in [-0.25, -0.2) is 0 Å². The minimum atomic E-state index is 0.302. The Morgan fingerprint density at radius 2 is 2.17 bits per heavy atom. The molecule has 0 radical (unpaired) electrons. The second-order valence-corrected chi connectivity index (χ2v) is 6.16. The highest BCUT2D eigenvalue weighted by Gasteiger charge is 2.23. The zero-order valence-corrected chi connectivity index (χ0v) is 12.9. The zero-order chi connectivity index (χ0) is 13.4. The molecular weight excluding hydrogens is 242 g/mol. The van der Waals surface area contributed by atoms with Gasteiger partial charge in [0.1, 0.15) is 0 Å². The third-order valence-corrected chi connectivity index (χ3v) is 4.20. The maximum Gasteiger partial charge on any atom is 0.0747 e. The molecule has 0 spiro atoms. The summed E-state index contributed by atoms with van der Waals surface area (Å²) in [6.45, 7) is 7.75. The monoisotopic (exact) mass is 269 g/mol. The third-order valence-electron chi connectivity index (χ3n) is 3.26. The van der Waals surface area contributed by atoms with Gasteiger partial charge in [0.15, 0.2) is 0 Å². The number of aryl methyl sites for hydroxylation is 1. The van der Waals surface area contributed by atoms with Gasteiger partial charge < -0.3 is 10.1 Å². The Bertz CT molecular complexity index is 297. The molecule has 104 valence electrons. The van der Waals surface area contributed by atoms with E-state index in [4.69, 9.17) is 4.74 Å². The summed E-state index contributed by atoms with van der Waals surface area (Å²) in [5.74, 6) is 0.549. The molecule has 1 N–H and O–H groups in total. The van der Waals surface area contributed by atoms with Crippen molar-refractivity contribution in [2.45, 2.75) is 52.2 Å². The van der Waals surface area contributed by atoms with Crippen LogP contribution in [-0.2, 0) is 11.2 Å². The molecule has 1 aromatic rings. The average Bonchev–Trinajstić information content (AvgIpc) is 2.85. The van der Waals surface area contributed by atoms with E-state index in [0.29, 0.717) is 18.1 Å². The molecule has 0 saturated heterocycles. The Labute approximate surface area is 116 Å². The number of thiophene rings is 1. The van der Waals surface area contributed by atoms with Gasteiger partial charge in [-0.1, -0.05) is 26.8 Å². The lowest BCUT2D eigenvalue weighted by Gasteiger charge is -2.30. The maximum absolute atomic E-state index is 5.68. The van der Waals surface area contributed by atoms with Crippen LogP contribution < -0.4 is 5.32 Å². The van der Waals surface area contributed by atoms with Crippen LogP contribution in [0.3, 0.4) is 0 Å². The number of hydrogen-bond donors (Lipinski definition) is 1. The van der Waals surface area contributed by atoms with Crippen molar-refractivity contribution in [3.8, 4) is 0 Å². The first-order valence-corrected chi connectivity index (χ1v) is 7.85. The molecule has 2 atom stereocenters. The molecule has 0 amide bonds. The summed E-state index contributed by atoms with van der Waals surface area (Å²) in [6.07, 6.45) is 3.77. The van der Waals surface area contributed by atoms with E-state index in [0.717, 1.165) is 19.4 Å². The molecule has 3 heteroatoms. The largest absolute Gasteiger partial charge is 0.380 e. The Balaban J connectivity index is 2.53. The van der Waals surface area contributed by atoms with Crippen LogP contribution in [0.25, 0.3) is 0 Å². The van der Waals surface area contributed by atoms with E-state index in [1.54, 1.807) is 0 Å². The van der Waals surface area contributed by atoms with Crippen LogP contribution in [0.2, 0.25) is 0 Å². The Hall–Kier alpha value is -0.380. The molecule has 0 saturated carbocycles. The Kier molecular flexibility index (Phi) is 7.56. The summed E-state index contributed by atoms with van der Waals surface area (Å²) in [4.78, 5) is 1.47.